The van der Waals surface area contributed by atoms with Gasteiger partial charge in [-0.15, -0.1) is 0 Å². The third-order valence-electron chi connectivity index (χ3n) is 3.06. The zero-order valence-corrected chi connectivity index (χ0v) is 9.49. The monoisotopic (exact) mass is 219 g/mol. The second-order valence-corrected chi connectivity index (χ2v) is 4.45. The van der Waals surface area contributed by atoms with Crippen molar-refractivity contribution >= 4 is 5.91 Å². The molecule has 1 saturated carbocycles. The minimum Gasteiger partial charge on any atom is -0.351 e. The van der Waals surface area contributed by atoms with Crippen LogP contribution in [-0.2, 0) is 0 Å². The first-order valence-corrected chi connectivity index (χ1v) is 5.59. The molecule has 0 radical (unpaired) electrons. The highest BCUT2D eigenvalue weighted by atomic mass is 16.1. The summed E-state index contributed by atoms with van der Waals surface area (Å²) in [6.07, 6.45) is 5.65. The fourth-order valence-electron chi connectivity index (χ4n) is 1.83. The van der Waals surface area contributed by atoms with Crippen LogP contribution in [0, 0.1) is 5.41 Å². The Kier molecular flexibility index (Phi) is 3.19. The lowest BCUT2D eigenvalue weighted by Crippen LogP contribution is -2.34. The largest absolute Gasteiger partial charge is 0.351 e. The first-order chi connectivity index (χ1) is 7.76. The van der Waals surface area contributed by atoms with Crippen molar-refractivity contribution in [3.63, 3.8) is 0 Å². The number of pyridine rings is 1. The number of carbonyl (C=O) groups is 1. The summed E-state index contributed by atoms with van der Waals surface area (Å²) in [4.78, 5) is 15.7. The van der Waals surface area contributed by atoms with E-state index in [1.165, 1.54) is 12.8 Å². The Morgan fingerprint density at radius 3 is 2.88 bits per heavy atom. The lowest BCUT2D eigenvalue weighted by molar-refractivity contribution is 0.0944. The summed E-state index contributed by atoms with van der Waals surface area (Å²) in [6.45, 7) is 1.72. The van der Waals surface area contributed by atoms with E-state index >= 15 is 0 Å². The third kappa shape index (κ3) is 2.58. The molecule has 16 heavy (non-hydrogen) atoms. The minimum absolute atomic E-state index is 0.0320. The standard InChI is InChI=1S/C12H17N3O/c1-13-8-12(4-5-12)9-15-11(16)10-3-2-6-14-7-10/h2-3,6-7,13H,4-5,8-9H2,1H3,(H,15,16). The van der Waals surface area contributed by atoms with Crippen LogP contribution in [0.3, 0.4) is 0 Å². The van der Waals surface area contributed by atoms with Crippen molar-refractivity contribution in [2.45, 2.75) is 12.8 Å². The normalized spacial score (nSPS) is 16.8. The molecule has 0 aliphatic heterocycles. The van der Waals surface area contributed by atoms with Crippen LogP contribution in [0.2, 0.25) is 0 Å². The number of aromatic nitrogens is 1. The molecule has 1 aliphatic carbocycles. The van der Waals surface area contributed by atoms with Crippen LogP contribution in [0.5, 0.6) is 0 Å². The fraction of sp³-hybridized carbons (Fsp3) is 0.500. The molecule has 1 fully saturated rings. The topological polar surface area (TPSA) is 54.0 Å². The van der Waals surface area contributed by atoms with E-state index < -0.39 is 0 Å². The van der Waals surface area contributed by atoms with Crippen LogP contribution in [-0.4, -0.2) is 31.0 Å². The molecule has 0 unspecified atom stereocenters. The molecule has 2 N–H and O–H groups in total. The summed E-state index contributed by atoms with van der Waals surface area (Å²) in [5, 5.41) is 6.14. The molecule has 1 aromatic rings. The van der Waals surface area contributed by atoms with E-state index in [9.17, 15) is 4.79 Å². The second kappa shape index (κ2) is 4.61. The predicted molar refractivity (Wildman–Crippen MR) is 62.2 cm³/mol. The van der Waals surface area contributed by atoms with Gasteiger partial charge >= 0.3 is 0 Å². The molecule has 0 atom stereocenters. The lowest BCUT2D eigenvalue weighted by atomic mass is 10.1. The summed E-state index contributed by atoms with van der Waals surface area (Å²) in [6, 6.07) is 3.55. The van der Waals surface area contributed by atoms with Crippen molar-refractivity contribution < 1.29 is 4.79 Å². The highest BCUT2D eigenvalue weighted by Gasteiger charge is 2.41. The summed E-state index contributed by atoms with van der Waals surface area (Å²) < 4.78 is 0. The molecule has 1 heterocycles. The third-order valence-corrected chi connectivity index (χ3v) is 3.06. The van der Waals surface area contributed by atoms with E-state index in [0.29, 0.717) is 11.0 Å². The van der Waals surface area contributed by atoms with E-state index in [1.54, 1.807) is 24.5 Å². The van der Waals surface area contributed by atoms with Gasteiger partial charge in [0.15, 0.2) is 0 Å². The van der Waals surface area contributed by atoms with Gasteiger partial charge in [-0.1, -0.05) is 0 Å². The van der Waals surface area contributed by atoms with Crippen LogP contribution >= 0.6 is 0 Å². The molecular weight excluding hydrogens is 202 g/mol. The molecule has 2 rings (SSSR count). The minimum atomic E-state index is -0.0320. The maximum Gasteiger partial charge on any atom is 0.252 e. The van der Waals surface area contributed by atoms with Gasteiger partial charge in [-0.2, -0.15) is 0 Å². The molecule has 0 saturated heterocycles. The first kappa shape index (κ1) is 11.1. The van der Waals surface area contributed by atoms with Crippen LogP contribution in [0.25, 0.3) is 0 Å². The number of hydrogen-bond donors (Lipinski definition) is 2. The van der Waals surface area contributed by atoms with E-state index in [0.717, 1.165) is 13.1 Å². The van der Waals surface area contributed by atoms with Crippen molar-refractivity contribution in [2.24, 2.45) is 5.41 Å². The zero-order valence-electron chi connectivity index (χ0n) is 9.49. The molecule has 0 bridgehead atoms. The highest BCUT2D eigenvalue weighted by molar-refractivity contribution is 5.93. The summed E-state index contributed by atoms with van der Waals surface area (Å²) in [5.74, 6) is -0.0320. The quantitative estimate of drug-likeness (QED) is 0.770. The Hall–Kier alpha value is -1.42. The first-order valence-electron chi connectivity index (χ1n) is 5.59. The van der Waals surface area contributed by atoms with Gasteiger partial charge in [0.25, 0.3) is 5.91 Å². The van der Waals surface area contributed by atoms with Crippen LogP contribution in [0.1, 0.15) is 23.2 Å². The van der Waals surface area contributed by atoms with E-state index in [4.69, 9.17) is 0 Å². The Morgan fingerprint density at radius 2 is 2.31 bits per heavy atom. The van der Waals surface area contributed by atoms with Gasteiger partial charge in [-0.05, 0) is 32.0 Å². The molecule has 1 amide bonds. The van der Waals surface area contributed by atoms with Gasteiger partial charge in [-0.25, -0.2) is 0 Å². The smallest absolute Gasteiger partial charge is 0.252 e. The number of hydrogen-bond acceptors (Lipinski definition) is 3. The average Bonchev–Trinajstić information content (AvgIpc) is 3.08. The number of carbonyl (C=O) groups excluding carboxylic acids is 1. The van der Waals surface area contributed by atoms with E-state index in [1.807, 2.05) is 7.05 Å². The lowest BCUT2D eigenvalue weighted by Gasteiger charge is -2.15. The summed E-state index contributed by atoms with van der Waals surface area (Å²) in [7, 11) is 1.95. The zero-order chi connectivity index (χ0) is 11.4. The van der Waals surface area contributed by atoms with Crippen LogP contribution < -0.4 is 10.6 Å². The van der Waals surface area contributed by atoms with E-state index in [2.05, 4.69) is 15.6 Å². The van der Waals surface area contributed by atoms with Gasteiger partial charge in [0.1, 0.15) is 0 Å². The van der Waals surface area contributed by atoms with Gasteiger partial charge < -0.3 is 10.6 Å². The molecular formula is C12H17N3O. The Labute approximate surface area is 95.5 Å². The van der Waals surface area contributed by atoms with E-state index in [-0.39, 0.29) is 5.91 Å². The Morgan fingerprint density at radius 1 is 1.50 bits per heavy atom. The molecule has 0 spiro atoms. The highest BCUT2D eigenvalue weighted by Crippen LogP contribution is 2.44. The SMILES string of the molecule is CNCC1(CNC(=O)c2cccnc2)CC1. The summed E-state index contributed by atoms with van der Waals surface area (Å²) >= 11 is 0. The molecule has 86 valence electrons. The molecule has 4 heteroatoms. The summed E-state index contributed by atoms with van der Waals surface area (Å²) in [5.41, 5.74) is 0.926. The average molecular weight is 219 g/mol. The van der Waals surface area contributed by atoms with Crippen molar-refractivity contribution in [3.05, 3.63) is 30.1 Å². The molecule has 4 nitrogen and oxygen atoms in total. The van der Waals surface area contributed by atoms with Crippen molar-refractivity contribution in [2.75, 3.05) is 20.1 Å². The Balaban J connectivity index is 1.85. The number of rotatable bonds is 5. The Bertz CT molecular complexity index is 360. The fourth-order valence-corrected chi connectivity index (χ4v) is 1.83. The van der Waals surface area contributed by atoms with Crippen LogP contribution in [0.4, 0.5) is 0 Å². The van der Waals surface area contributed by atoms with Gasteiger partial charge in [0.2, 0.25) is 0 Å². The number of nitrogens with one attached hydrogen (secondary N) is 2. The van der Waals surface area contributed by atoms with Crippen molar-refractivity contribution in [1.82, 2.24) is 15.6 Å². The molecule has 0 aromatic carbocycles. The van der Waals surface area contributed by atoms with Gasteiger partial charge in [-0.3, -0.25) is 9.78 Å². The number of nitrogens with zero attached hydrogens (tertiary/aromatic N) is 1. The maximum atomic E-state index is 11.8. The molecule has 1 aromatic heterocycles. The van der Waals surface area contributed by atoms with Gasteiger partial charge in [0.05, 0.1) is 5.56 Å². The second-order valence-electron chi connectivity index (χ2n) is 4.45. The van der Waals surface area contributed by atoms with Crippen molar-refractivity contribution in [1.29, 1.82) is 0 Å². The molecule has 1 aliphatic rings. The predicted octanol–water partition coefficient (Wildman–Crippen LogP) is 0.811. The maximum absolute atomic E-state index is 11.8. The van der Waals surface area contributed by atoms with Gasteiger partial charge in [0, 0.05) is 30.9 Å². The van der Waals surface area contributed by atoms with Crippen LogP contribution in [0.15, 0.2) is 24.5 Å². The number of amides is 1. The van der Waals surface area contributed by atoms with Crippen molar-refractivity contribution in [3.8, 4) is 0 Å².